The number of fused-ring (bicyclic) bond motifs is 1. The van der Waals surface area contributed by atoms with E-state index in [2.05, 4.69) is 15.3 Å². The first-order chi connectivity index (χ1) is 12.0. The molecule has 0 aliphatic rings. The van der Waals surface area contributed by atoms with Crippen LogP contribution in [0.3, 0.4) is 0 Å². The normalized spacial score (nSPS) is 12.1. The van der Waals surface area contributed by atoms with Gasteiger partial charge in [0.05, 0.1) is 23.1 Å². The van der Waals surface area contributed by atoms with Gasteiger partial charge in [0.1, 0.15) is 12.4 Å². The Morgan fingerprint density at radius 3 is 2.84 bits per heavy atom. The van der Waals surface area contributed by atoms with Crippen LogP contribution in [0, 0.1) is 5.82 Å². The number of pyridine rings is 1. The van der Waals surface area contributed by atoms with Gasteiger partial charge in [0, 0.05) is 11.8 Å². The molecule has 0 saturated carbocycles. The molecule has 0 aliphatic carbocycles. The molecule has 7 nitrogen and oxygen atoms in total. The standard InChI is InChI=1S/C17H15FN4O3/c1-10(11-6-7-19-8-13(11)18)20-15(23)9-22-16(24)12-4-2-3-5-14(12)21-17(22)25/h2-8,10H,9H2,1H3,(H,20,23)(H,21,25)/t10-/m1/s1. The Kier molecular flexibility index (Phi) is 4.42. The van der Waals surface area contributed by atoms with Crippen molar-refractivity contribution in [2.24, 2.45) is 0 Å². The Morgan fingerprint density at radius 1 is 1.32 bits per heavy atom. The molecule has 2 N–H and O–H groups in total. The summed E-state index contributed by atoms with van der Waals surface area (Å²) in [6.07, 6.45) is 2.47. The van der Waals surface area contributed by atoms with Gasteiger partial charge in [0.15, 0.2) is 0 Å². The zero-order chi connectivity index (χ0) is 18.0. The molecule has 2 heterocycles. The van der Waals surface area contributed by atoms with Crippen LogP contribution in [0.1, 0.15) is 18.5 Å². The summed E-state index contributed by atoms with van der Waals surface area (Å²) in [5, 5.41) is 2.88. The first-order valence-electron chi connectivity index (χ1n) is 7.58. The number of amides is 1. The van der Waals surface area contributed by atoms with E-state index < -0.39 is 35.6 Å². The molecule has 3 aromatic rings. The second-order valence-electron chi connectivity index (χ2n) is 5.55. The number of nitrogens with one attached hydrogen (secondary N) is 2. The number of rotatable bonds is 4. The lowest BCUT2D eigenvalue weighted by Gasteiger charge is -2.15. The summed E-state index contributed by atoms with van der Waals surface area (Å²) in [7, 11) is 0. The first kappa shape index (κ1) is 16.6. The van der Waals surface area contributed by atoms with E-state index in [0.29, 0.717) is 10.9 Å². The van der Waals surface area contributed by atoms with Gasteiger partial charge in [-0.2, -0.15) is 0 Å². The lowest BCUT2D eigenvalue weighted by molar-refractivity contribution is -0.122. The van der Waals surface area contributed by atoms with Crippen LogP contribution in [0.4, 0.5) is 4.39 Å². The fourth-order valence-electron chi connectivity index (χ4n) is 2.59. The van der Waals surface area contributed by atoms with Crippen molar-refractivity contribution in [1.29, 1.82) is 0 Å². The van der Waals surface area contributed by atoms with E-state index in [-0.39, 0.29) is 5.56 Å². The van der Waals surface area contributed by atoms with Crippen LogP contribution in [0.2, 0.25) is 0 Å². The van der Waals surface area contributed by atoms with Gasteiger partial charge in [-0.25, -0.2) is 9.18 Å². The number of aromatic nitrogens is 3. The van der Waals surface area contributed by atoms with E-state index >= 15 is 0 Å². The van der Waals surface area contributed by atoms with Crippen LogP contribution in [-0.2, 0) is 11.3 Å². The number of carbonyl (C=O) groups excluding carboxylic acids is 1. The van der Waals surface area contributed by atoms with Crippen LogP contribution in [0.5, 0.6) is 0 Å². The summed E-state index contributed by atoms with van der Waals surface area (Å²) in [5.41, 5.74) is -0.566. The van der Waals surface area contributed by atoms with Crippen LogP contribution < -0.4 is 16.6 Å². The number of benzene rings is 1. The lowest BCUT2D eigenvalue weighted by atomic mass is 10.1. The van der Waals surface area contributed by atoms with Crippen LogP contribution in [0.15, 0.2) is 52.3 Å². The van der Waals surface area contributed by atoms with Gasteiger partial charge in [-0.15, -0.1) is 0 Å². The highest BCUT2D eigenvalue weighted by Crippen LogP contribution is 2.14. The number of para-hydroxylation sites is 1. The highest BCUT2D eigenvalue weighted by atomic mass is 19.1. The summed E-state index contributed by atoms with van der Waals surface area (Å²) >= 11 is 0. The average Bonchev–Trinajstić information content (AvgIpc) is 2.59. The molecule has 0 unspecified atom stereocenters. The van der Waals surface area contributed by atoms with Gasteiger partial charge >= 0.3 is 5.69 Å². The van der Waals surface area contributed by atoms with Gasteiger partial charge in [0.25, 0.3) is 5.56 Å². The number of hydrogen-bond acceptors (Lipinski definition) is 4. The van der Waals surface area contributed by atoms with E-state index in [0.717, 1.165) is 10.8 Å². The van der Waals surface area contributed by atoms with Crippen molar-refractivity contribution in [1.82, 2.24) is 19.9 Å². The number of H-pyrrole nitrogens is 1. The molecule has 0 aliphatic heterocycles. The molecule has 1 amide bonds. The summed E-state index contributed by atoms with van der Waals surface area (Å²) < 4.78 is 14.5. The van der Waals surface area contributed by atoms with Crippen LogP contribution >= 0.6 is 0 Å². The lowest BCUT2D eigenvalue weighted by Crippen LogP contribution is -2.41. The smallest absolute Gasteiger partial charge is 0.329 e. The Hall–Kier alpha value is -3.29. The first-order valence-corrected chi connectivity index (χ1v) is 7.58. The monoisotopic (exact) mass is 342 g/mol. The summed E-state index contributed by atoms with van der Waals surface area (Å²) in [5.74, 6) is -1.12. The second-order valence-corrected chi connectivity index (χ2v) is 5.55. The minimum absolute atomic E-state index is 0.267. The molecule has 1 aromatic carbocycles. The van der Waals surface area contributed by atoms with Gasteiger partial charge in [-0.3, -0.25) is 19.1 Å². The maximum Gasteiger partial charge on any atom is 0.329 e. The third kappa shape index (κ3) is 3.32. The van der Waals surface area contributed by atoms with E-state index in [9.17, 15) is 18.8 Å². The van der Waals surface area contributed by atoms with E-state index in [1.54, 1.807) is 31.2 Å². The largest absolute Gasteiger partial charge is 0.348 e. The van der Waals surface area contributed by atoms with E-state index in [1.165, 1.54) is 12.3 Å². The Bertz CT molecular complexity index is 1060. The van der Waals surface area contributed by atoms with Crippen molar-refractivity contribution < 1.29 is 9.18 Å². The Labute approximate surface area is 141 Å². The summed E-state index contributed by atoms with van der Waals surface area (Å²) in [6.45, 7) is 1.14. The van der Waals surface area contributed by atoms with Crippen molar-refractivity contribution in [3.63, 3.8) is 0 Å². The molecular formula is C17H15FN4O3. The third-order valence-electron chi connectivity index (χ3n) is 3.84. The topological polar surface area (TPSA) is 96.9 Å². The highest BCUT2D eigenvalue weighted by molar-refractivity contribution is 5.79. The third-order valence-corrected chi connectivity index (χ3v) is 3.84. The maximum absolute atomic E-state index is 13.7. The van der Waals surface area contributed by atoms with Crippen LogP contribution in [-0.4, -0.2) is 20.4 Å². The van der Waals surface area contributed by atoms with Crippen molar-refractivity contribution in [2.45, 2.75) is 19.5 Å². The zero-order valence-electron chi connectivity index (χ0n) is 13.3. The SMILES string of the molecule is C[C@@H](NC(=O)Cn1c(=O)[nH]c2ccccc2c1=O)c1ccncc1F. The molecule has 0 spiro atoms. The maximum atomic E-state index is 13.7. The van der Waals surface area contributed by atoms with Crippen molar-refractivity contribution in [3.8, 4) is 0 Å². The molecule has 0 saturated heterocycles. The van der Waals surface area contributed by atoms with Gasteiger partial charge in [0.2, 0.25) is 5.91 Å². The number of nitrogens with zero attached hydrogens (tertiary/aromatic N) is 2. The Balaban J connectivity index is 1.84. The number of aromatic amines is 1. The van der Waals surface area contributed by atoms with Gasteiger partial charge in [-0.05, 0) is 25.1 Å². The molecule has 1 atom stereocenters. The Morgan fingerprint density at radius 2 is 2.08 bits per heavy atom. The fraction of sp³-hybridized carbons (Fsp3) is 0.176. The molecule has 0 radical (unpaired) electrons. The number of carbonyl (C=O) groups is 1. The predicted molar refractivity (Wildman–Crippen MR) is 89.6 cm³/mol. The van der Waals surface area contributed by atoms with Crippen molar-refractivity contribution in [2.75, 3.05) is 0 Å². The van der Waals surface area contributed by atoms with Crippen molar-refractivity contribution in [3.05, 3.63) is 74.9 Å². The van der Waals surface area contributed by atoms with E-state index in [1.807, 2.05) is 0 Å². The van der Waals surface area contributed by atoms with Crippen molar-refractivity contribution >= 4 is 16.8 Å². The predicted octanol–water partition coefficient (Wildman–Crippen LogP) is 1.10. The molecule has 0 fully saturated rings. The summed E-state index contributed by atoms with van der Waals surface area (Å²) in [6, 6.07) is 7.36. The number of hydrogen-bond donors (Lipinski definition) is 2. The molecule has 25 heavy (non-hydrogen) atoms. The molecule has 2 aromatic heterocycles. The quantitative estimate of drug-likeness (QED) is 0.742. The molecule has 8 heteroatoms. The minimum atomic E-state index is -0.679. The fourth-order valence-corrected chi connectivity index (χ4v) is 2.59. The second kappa shape index (κ2) is 6.68. The minimum Gasteiger partial charge on any atom is -0.348 e. The molecule has 128 valence electrons. The van der Waals surface area contributed by atoms with Crippen LogP contribution in [0.25, 0.3) is 10.9 Å². The summed E-state index contributed by atoms with van der Waals surface area (Å²) in [4.78, 5) is 42.8. The average molecular weight is 342 g/mol. The molecule has 3 rings (SSSR count). The number of halogens is 1. The molecular weight excluding hydrogens is 327 g/mol. The van der Waals surface area contributed by atoms with Gasteiger partial charge < -0.3 is 10.3 Å². The van der Waals surface area contributed by atoms with Gasteiger partial charge in [-0.1, -0.05) is 12.1 Å². The zero-order valence-corrected chi connectivity index (χ0v) is 13.3. The highest BCUT2D eigenvalue weighted by Gasteiger charge is 2.16. The molecule has 0 bridgehead atoms. The van der Waals surface area contributed by atoms with E-state index in [4.69, 9.17) is 0 Å².